The number of H-pyrrole nitrogens is 1. The van der Waals surface area contributed by atoms with Crippen LogP contribution in [0.25, 0.3) is 0 Å². The number of carbonyl (C=O) groups excluding carboxylic acids is 2. The zero-order valence-corrected chi connectivity index (χ0v) is 9.61. The first kappa shape index (κ1) is 11.6. The molecule has 2 rings (SSSR count). The molecular weight excluding hydrogens is 220 g/mol. The number of rotatable bonds is 4. The van der Waals surface area contributed by atoms with Crippen molar-refractivity contribution in [2.45, 2.75) is 19.3 Å². The zero-order chi connectivity index (χ0) is 12.1. The van der Waals surface area contributed by atoms with E-state index in [1.807, 2.05) is 4.90 Å². The summed E-state index contributed by atoms with van der Waals surface area (Å²) < 4.78 is 0. The van der Waals surface area contributed by atoms with Crippen molar-refractivity contribution in [2.24, 2.45) is 0 Å². The summed E-state index contributed by atoms with van der Waals surface area (Å²) in [6.07, 6.45) is 5.53. The number of hydrogen-bond acceptors (Lipinski definition) is 3. The molecule has 6 heteroatoms. The van der Waals surface area contributed by atoms with E-state index in [-0.39, 0.29) is 11.8 Å². The van der Waals surface area contributed by atoms with Crippen molar-refractivity contribution < 1.29 is 9.59 Å². The molecule has 92 valence electrons. The maximum Gasteiger partial charge on any atom is 0.254 e. The summed E-state index contributed by atoms with van der Waals surface area (Å²) in [5.41, 5.74) is 0.485. The molecule has 0 spiro atoms. The minimum atomic E-state index is -0.201. The third-order valence-corrected chi connectivity index (χ3v) is 2.84. The van der Waals surface area contributed by atoms with Gasteiger partial charge < -0.3 is 10.2 Å². The highest BCUT2D eigenvalue weighted by atomic mass is 16.2. The van der Waals surface area contributed by atoms with Gasteiger partial charge >= 0.3 is 0 Å². The average Bonchev–Trinajstić information content (AvgIpc) is 3.02. The third kappa shape index (κ3) is 3.05. The summed E-state index contributed by atoms with van der Waals surface area (Å²) in [7, 11) is 0. The van der Waals surface area contributed by atoms with Crippen molar-refractivity contribution in [1.29, 1.82) is 0 Å². The number of nitrogens with zero attached hydrogens (tertiary/aromatic N) is 2. The van der Waals surface area contributed by atoms with E-state index in [2.05, 4.69) is 15.5 Å². The zero-order valence-electron chi connectivity index (χ0n) is 9.61. The van der Waals surface area contributed by atoms with Crippen LogP contribution in [0.1, 0.15) is 29.6 Å². The Labute approximate surface area is 99.4 Å². The van der Waals surface area contributed by atoms with Crippen LogP contribution in [0.15, 0.2) is 12.4 Å². The molecule has 0 aliphatic carbocycles. The van der Waals surface area contributed by atoms with Gasteiger partial charge in [0.15, 0.2) is 0 Å². The van der Waals surface area contributed by atoms with E-state index < -0.39 is 0 Å². The molecule has 0 aromatic carbocycles. The van der Waals surface area contributed by atoms with E-state index in [1.165, 1.54) is 12.4 Å². The van der Waals surface area contributed by atoms with Crippen molar-refractivity contribution in [3.63, 3.8) is 0 Å². The van der Waals surface area contributed by atoms with Crippen LogP contribution in [0.2, 0.25) is 0 Å². The van der Waals surface area contributed by atoms with Crippen LogP contribution < -0.4 is 5.32 Å². The second-order valence-corrected chi connectivity index (χ2v) is 4.08. The molecule has 2 heterocycles. The molecule has 6 nitrogen and oxygen atoms in total. The van der Waals surface area contributed by atoms with Gasteiger partial charge in [-0.3, -0.25) is 14.7 Å². The maximum atomic E-state index is 11.7. The monoisotopic (exact) mass is 236 g/mol. The highest BCUT2D eigenvalue weighted by Crippen LogP contribution is 2.08. The molecule has 1 fully saturated rings. The number of nitrogens with one attached hydrogen (secondary N) is 2. The maximum absolute atomic E-state index is 11.7. The van der Waals surface area contributed by atoms with Gasteiger partial charge in [-0.1, -0.05) is 0 Å². The van der Waals surface area contributed by atoms with Crippen molar-refractivity contribution in [3.8, 4) is 0 Å². The number of amides is 2. The summed E-state index contributed by atoms with van der Waals surface area (Å²) in [6.45, 7) is 2.09. The molecule has 0 radical (unpaired) electrons. The van der Waals surface area contributed by atoms with E-state index in [1.54, 1.807) is 0 Å². The fourth-order valence-corrected chi connectivity index (χ4v) is 1.88. The lowest BCUT2D eigenvalue weighted by molar-refractivity contribution is -0.129. The molecule has 2 N–H and O–H groups in total. The van der Waals surface area contributed by atoms with E-state index in [4.69, 9.17) is 0 Å². The molecule has 0 unspecified atom stereocenters. The van der Waals surface area contributed by atoms with Crippen LogP contribution in [-0.2, 0) is 4.79 Å². The SMILES string of the molecule is O=C(NCCC(=O)N1CCCC1)c1cn[nH]c1. The minimum Gasteiger partial charge on any atom is -0.351 e. The number of likely N-dealkylation sites (tertiary alicyclic amines) is 1. The first-order valence-corrected chi connectivity index (χ1v) is 5.82. The third-order valence-electron chi connectivity index (χ3n) is 2.84. The van der Waals surface area contributed by atoms with Gasteiger partial charge in [0.2, 0.25) is 5.91 Å². The largest absolute Gasteiger partial charge is 0.351 e. The molecule has 1 aliphatic heterocycles. The first-order valence-electron chi connectivity index (χ1n) is 5.82. The molecule has 1 aliphatic rings. The Balaban J connectivity index is 1.69. The van der Waals surface area contributed by atoms with Crippen molar-refractivity contribution >= 4 is 11.8 Å². The predicted octanol–water partition coefficient (Wildman–Crippen LogP) is 0.152. The van der Waals surface area contributed by atoms with Gasteiger partial charge in [-0.15, -0.1) is 0 Å². The number of aromatic amines is 1. The lowest BCUT2D eigenvalue weighted by Crippen LogP contribution is -2.32. The van der Waals surface area contributed by atoms with Gasteiger partial charge in [-0.25, -0.2) is 0 Å². The Kier molecular flexibility index (Phi) is 3.74. The predicted molar refractivity (Wildman–Crippen MR) is 61.4 cm³/mol. The lowest BCUT2D eigenvalue weighted by Gasteiger charge is -2.14. The minimum absolute atomic E-state index is 0.120. The number of aromatic nitrogens is 2. The van der Waals surface area contributed by atoms with Crippen LogP contribution in [0.3, 0.4) is 0 Å². The summed E-state index contributed by atoms with van der Waals surface area (Å²) in [6, 6.07) is 0. The number of hydrogen-bond donors (Lipinski definition) is 2. The normalized spacial score (nSPS) is 14.9. The van der Waals surface area contributed by atoms with Crippen LogP contribution in [-0.4, -0.2) is 46.5 Å². The van der Waals surface area contributed by atoms with Crippen molar-refractivity contribution in [3.05, 3.63) is 18.0 Å². The molecule has 1 aromatic rings. The second kappa shape index (κ2) is 5.47. The van der Waals surface area contributed by atoms with E-state index >= 15 is 0 Å². The standard InChI is InChI=1S/C11H16N4O2/c16-10(15-5-1-2-6-15)3-4-12-11(17)9-7-13-14-8-9/h7-8H,1-6H2,(H,12,17)(H,13,14). The van der Waals surface area contributed by atoms with Crippen molar-refractivity contribution in [1.82, 2.24) is 20.4 Å². The average molecular weight is 236 g/mol. The van der Waals surface area contributed by atoms with Gasteiger partial charge in [0.1, 0.15) is 0 Å². The Morgan fingerprint density at radius 1 is 1.41 bits per heavy atom. The topological polar surface area (TPSA) is 78.1 Å². The quantitative estimate of drug-likeness (QED) is 0.781. The fourth-order valence-electron chi connectivity index (χ4n) is 1.88. The molecule has 0 saturated carbocycles. The fraction of sp³-hybridized carbons (Fsp3) is 0.545. The van der Waals surface area contributed by atoms with Crippen LogP contribution in [0, 0.1) is 0 Å². The second-order valence-electron chi connectivity index (χ2n) is 4.08. The summed E-state index contributed by atoms with van der Waals surface area (Å²) >= 11 is 0. The Hall–Kier alpha value is -1.85. The number of carbonyl (C=O) groups is 2. The van der Waals surface area contributed by atoms with E-state index in [0.29, 0.717) is 18.5 Å². The molecule has 1 saturated heterocycles. The summed E-state index contributed by atoms with van der Waals surface area (Å²) in [5, 5.41) is 8.95. The molecular formula is C11H16N4O2. The van der Waals surface area contributed by atoms with Gasteiger partial charge in [0.05, 0.1) is 11.8 Å². The molecule has 17 heavy (non-hydrogen) atoms. The van der Waals surface area contributed by atoms with Crippen LogP contribution in [0.5, 0.6) is 0 Å². The molecule has 2 amide bonds. The van der Waals surface area contributed by atoms with E-state index in [0.717, 1.165) is 25.9 Å². The molecule has 1 aromatic heterocycles. The lowest BCUT2D eigenvalue weighted by atomic mass is 10.3. The van der Waals surface area contributed by atoms with Gasteiger partial charge in [0.25, 0.3) is 5.91 Å². The Morgan fingerprint density at radius 2 is 2.18 bits per heavy atom. The smallest absolute Gasteiger partial charge is 0.254 e. The van der Waals surface area contributed by atoms with Crippen LogP contribution >= 0.6 is 0 Å². The first-order chi connectivity index (χ1) is 8.27. The highest BCUT2D eigenvalue weighted by molar-refractivity contribution is 5.93. The Bertz CT molecular complexity index is 382. The molecule has 0 atom stereocenters. The van der Waals surface area contributed by atoms with Gasteiger partial charge in [0, 0.05) is 32.3 Å². The molecule has 0 bridgehead atoms. The van der Waals surface area contributed by atoms with Gasteiger partial charge in [-0.05, 0) is 12.8 Å². The highest BCUT2D eigenvalue weighted by Gasteiger charge is 2.17. The van der Waals surface area contributed by atoms with Crippen LogP contribution in [0.4, 0.5) is 0 Å². The Morgan fingerprint density at radius 3 is 2.82 bits per heavy atom. The summed E-state index contributed by atoms with van der Waals surface area (Å²) in [5.74, 6) is -0.0806. The van der Waals surface area contributed by atoms with Crippen molar-refractivity contribution in [2.75, 3.05) is 19.6 Å². The van der Waals surface area contributed by atoms with Gasteiger partial charge in [-0.2, -0.15) is 5.10 Å². The summed E-state index contributed by atoms with van der Waals surface area (Å²) in [4.78, 5) is 25.0. The van der Waals surface area contributed by atoms with E-state index in [9.17, 15) is 9.59 Å².